The van der Waals surface area contributed by atoms with Crippen molar-refractivity contribution in [2.45, 2.75) is 40.0 Å². The van der Waals surface area contributed by atoms with Crippen molar-refractivity contribution in [3.8, 4) is 0 Å². The summed E-state index contributed by atoms with van der Waals surface area (Å²) in [7, 11) is 1.87. The highest BCUT2D eigenvalue weighted by Crippen LogP contribution is 2.27. The number of hydrogen-bond donors (Lipinski definition) is 2. The van der Waals surface area contributed by atoms with E-state index in [9.17, 15) is 0 Å². The molecule has 3 N–H and O–H groups in total. The molecule has 1 atom stereocenters. The lowest BCUT2D eigenvalue weighted by Gasteiger charge is -2.16. The van der Waals surface area contributed by atoms with Gasteiger partial charge < -0.3 is 5.32 Å². The summed E-state index contributed by atoms with van der Waals surface area (Å²) in [6.07, 6.45) is 8.96. The van der Waals surface area contributed by atoms with Gasteiger partial charge in [0.2, 0.25) is 0 Å². The number of nitrogens with two attached hydrogens (primary N) is 1. The Morgan fingerprint density at radius 3 is 2.52 bits per heavy atom. The van der Waals surface area contributed by atoms with Crippen LogP contribution in [0, 0.1) is 5.92 Å². The second-order valence-corrected chi connectivity index (χ2v) is 7.28. The highest BCUT2D eigenvalue weighted by atomic mass is 32.2. The Morgan fingerprint density at radius 1 is 1.35 bits per heavy atom. The second-order valence-electron chi connectivity index (χ2n) is 5.25. The van der Waals surface area contributed by atoms with Crippen molar-refractivity contribution in [2.75, 3.05) is 13.6 Å². The van der Waals surface area contributed by atoms with Crippen LogP contribution < -0.4 is 10.5 Å². The Hall–Kier alpha value is -0.910. The van der Waals surface area contributed by atoms with Crippen LogP contribution in [0.5, 0.6) is 0 Å². The van der Waals surface area contributed by atoms with Gasteiger partial charge in [-0.1, -0.05) is 50.4 Å². The first-order valence-corrected chi connectivity index (χ1v) is 9.63. The molecule has 0 fully saturated rings. The zero-order valence-corrected chi connectivity index (χ0v) is 16.5. The van der Waals surface area contributed by atoms with Gasteiger partial charge >= 0.3 is 0 Å². The van der Waals surface area contributed by atoms with E-state index in [2.05, 4.69) is 38.4 Å². The van der Waals surface area contributed by atoms with Gasteiger partial charge in [0, 0.05) is 17.9 Å². The van der Waals surface area contributed by atoms with Crippen molar-refractivity contribution in [2.24, 2.45) is 16.0 Å². The van der Waals surface area contributed by atoms with Gasteiger partial charge in [-0.3, -0.25) is 10.1 Å². The van der Waals surface area contributed by atoms with E-state index in [-0.39, 0.29) is 0 Å². The molecule has 0 spiro atoms. The van der Waals surface area contributed by atoms with Crippen molar-refractivity contribution in [1.82, 2.24) is 5.32 Å². The third kappa shape index (κ3) is 10.5. The average Bonchev–Trinajstić information content (AvgIpc) is 2.54. The molecular weight excluding hydrogens is 322 g/mol. The Morgan fingerprint density at radius 2 is 2.04 bits per heavy atom. The molecule has 0 amide bonds. The molecule has 0 saturated heterocycles. The van der Waals surface area contributed by atoms with Gasteiger partial charge in [-0.15, -0.1) is 0 Å². The predicted octanol–water partition coefficient (Wildman–Crippen LogP) is 5.26. The lowest BCUT2D eigenvalue weighted by molar-refractivity contribution is 0.683. The molecule has 130 valence electrons. The summed E-state index contributed by atoms with van der Waals surface area (Å²) >= 11 is 2.94. The van der Waals surface area contributed by atoms with Crippen LogP contribution in [-0.4, -0.2) is 18.6 Å². The number of hydrogen-bond acceptors (Lipinski definition) is 5. The number of aliphatic imine (C=N–C) groups is 1. The maximum absolute atomic E-state index is 5.72. The van der Waals surface area contributed by atoms with E-state index in [0.29, 0.717) is 12.5 Å². The van der Waals surface area contributed by atoms with E-state index >= 15 is 0 Å². The number of rotatable bonds is 11. The molecule has 5 heteroatoms. The standard InChI is InChI=1S/C18H31N3S2/c1-7-15(5)13-21-18(22-14(3)4)16(8-2)9-10-17(23-19)11-12-20-6/h10-12,16,20H,3,5,7-9,13,19H2,1-2,4,6H3/b12-11-,17-10+,21-18-/t16-/m0/s1. The first-order valence-electron chi connectivity index (χ1n) is 7.93. The third-order valence-electron chi connectivity index (χ3n) is 3.23. The molecule has 0 aliphatic rings. The fourth-order valence-electron chi connectivity index (χ4n) is 1.75. The fraction of sp³-hybridized carbons (Fsp3) is 0.500. The second kappa shape index (κ2) is 13.5. The molecule has 3 nitrogen and oxygen atoms in total. The highest BCUT2D eigenvalue weighted by molar-refractivity contribution is 8.17. The number of allylic oxidation sites excluding steroid dienone is 3. The van der Waals surface area contributed by atoms with E-state index in [4.69, 9.17) is 10.1 Å². The van der Waals surface area contributed by atoms with Crippen LogP contribution in [0.3, 0.4) is 0 Å². The molecule has 0 unspecified atom stereocenters. The van der Waals surface area contributed by atoms with Gasteiger partial charge in [0.15, 0.2) is 0 Å². The minimum absolute atomic E-state index is 0.381. The van der Waals surface area contributed by atoms with Crippen molar-refractivity contribution in [3.63, 3.8) is 0 Å². The van der Waals surface area contributed by atoms with Crippen LogP contribution in [0.4, 0.5) is 0 Å². The summed E-state index contributed by atoms with van der Waals surface area (Å²) in [6, 6.07) is 0. The minimum atomic E-state index is 0.381. The summed E-state index contributed by atoms with van der Waals surface area (Å²) in [6.45, 7) is 15.1. The number of thioether (sulfide) groups is 1. The Labute approximate surface area is 150 Å². The van der Waals surface area contributed by atoms with Crippen LogP contribution >= 0.6 is 23.7 Å². The smallest absolute Gasteiger partial charge is 0.0758 e. The zero-order valence-electron chi connectivity index (χ0n) is 14.9. The first-order chi connectivity index (χ1) is 11.0. The van der Waals surface area contributed by atoms with E-state index in [1.807, 2.05) is 26.2 Å². The molecule has 0 radical (unpaired) electrons. The van der Waals surface area contributed by atoms with Crippen molar-refractivity contribution < 1.29 is 0 Å². The van der Waals surface area contributed by atoms with Crippen molar-refractivity contribution in [1.29, 1.82) is 0 Å². The molecule has 0 aliphatic heterocycles. The Kier molecular flexibility index (Phi) is 13.0. The van der Waals surface area contributed by atoms with E-state index in [0.717, 1.165) is 39.7 Å². The topological polar surface area (TPSA) is 50.4 Å². The molecule has 23 heavy (non-hydrogen) atoms. The molecule has 0 heterocycles. The molecule has 0 bridgehead atoms. The Balaban J connectivity index is 5.13. The molecule has 0 aliphatic carbocycles. The van der Waals surface area contributed by atoms with E-state index < -0.39 is 0 Å². The largest absolute Gasteiger partial charge is 0.394 e. The van der Waals surface area contributed by atoms with Crippen LogP contribution in [0.1, 0.15) is 40.0 Å². The summed E-state index contributed by atoms with van der Waals surface area (Å²) in [5.74, 6) is 0.381. The summed E-state index contributed by atoms with van der Waals surface area (Å²) in [5.41, 5.74) is 1.16. The van der Waals surface area contributed by atoms with Crippen LogP contribution in [0.15, 0.2) is 51.9 Å². The Bertz CT molecular complexity index is 465. The normalized spacial score (nSPS) is 14.1. The van der Waals surface area contributed by atoms with Crippen molar-refractivity contribution in [3.05, 3.63) is 46.9 Å². The maximum Gasteiger partial charge on any atom is 0.0758 e. The molecule has 0 aromatic carbocycles. The summed E-state index contributed by atoms with van der Waals surface area (Å²) in [5, 5.41) is 9.85. The van der Waals surface area contributed by atoms with E-state index in [1.54, 1.807) is 11.8 Å². The van der Waals surface area contributed by atoms with E-state index in [1.165, 1.54) is 11.9 Å². The molecular formula is C18H31N3S2. The lowest BCUT2D eigenvalue weighted by Crippen LogP contribution is -2.11. The third-order valence-corrected chi connectivity index (χ3v) is 4.83. The first kappa shape index (κ1) is 22.1. The van der Waals surface area contributed by atoms with Crippen LogP contribution in [0.2, 0.25) is 0 Å². The molecule has 0 aromatic rings. The minimum Gasteiger partial charge on any atom is -0.394 e. The SMILES string of the molecule is C=C(CC)C/N=C(\SC(=C)C)[C@@H](CC)C/C=C(\C=C/NC)SN. The fourth-order valence-corrected chi connectivity index (χ4v) is 3.00. The quantitative estimate of drug-likeness (QED) is 0.175. The van der Waals surface area contributed by atoms with Crippen LogP contribution in [-0.2, 0) is 0 Å². The molecule has 0 saturated carbocycles. The maximum atomic E-state index is 5.72. The number of nitrogens with zero attached hydrogens (tertiary/aromatic N) is 1. The van der Waals surface area contributed by atoms with Gasteiger partial charge in [0.25, 0.3) is 0 Å². The zero-order chi connectivity index (χ0) is 17.7. The van der Waals surface area contributed by atoms with Gasteiger partial charge in [-0.25, -0.2) is 0 Å². The highest BCUT2D eigenvalue weighted by Gasteiger charge is 2.14. The lowest BCUT2D eigenvalue weighted by atomic mass is 10.0. The van der Waals surface area contributed by atoms with Gasteiger partial charge in [0.1, 0.15) is 0 Å². The van der Waals surface area contributed by atoms with Gasteiger partial charge in [-0.05, 0) is 55.3 Å². The monoisotopic (exact) mass is 353 g/mol. The van der Waals surface area contributed by atoms with Gasteiger partial charge in [-0.2, -0.15) is 0 Å². The molecule has 0 aromatic heterocycles. The number of nitrogens with one attached hydrogen (secondary N) is 1. The van der Waals surface area contributed by atoms with Crippen LogP contribution in [0.25, 0.3) is 0 Å². The summed E-state index contributed by atoms with van der Waals surface area (Å²) in [4.78, 5) is 6.91. The van der Waals surface area contributed by atoms with Gasteiger partial charge in [0.05, 0.1) is 11.6 Å². The summed E-state index contributed by atoms with van der Waals surface area (Å²) < 4.78 is 0. The predicted molar refractivity (Wildman–Crippen MR) is 111 cm³/mol. The average molecular weight is 354 g/mol. The van der Waals surface area contributed by atoms with Crippen molar-refractivity contribution >= 4 is 28.8 Å². The molecule has 0 rings (SSSR count).